The summed E-state index contributed by atoms with van der Waals surface area (Å²) in [5.41, 5.74) is 2.12. The molecule has 2 aliphatic heterocycles. The van der Waals surface area contributed by atoms with Crippen molar-refractivity contribution in [2.75, 3.05) is 37.7 Å². The SMILES string of the molecule is CCOc1cc(C)nc(N2CCN(C(=O)[C@@H]3CCc4cncn4C3)CC2)n1. The predicted molar refractivity (Wildman–Crippen MR) is 101 cm³/mol. The third kappa shape index (κ3) is 3.74. The van der Waals surface area contributed by atoms with Crippen molar-refractivity contribution in [1.29, 1.82) is 0 Å². The fraction of sp³-hybridized carbons (Fsp3) is 0.579. The number of carbonyl (C=O) groups is 1. The summed E-state index contributed by atoms with van der Waals surface area (Å²) >= 11 is 0. The van der Waals surface area contributed by atoms with Gasteiger partial charge in [-0.15, -0.1) is 0 Å². The molecule has 0 spiro atoms. The van der Waals surface area contributed by atoms with Crippen LogP contribution in [0.1, 0.15) is 24.7 Å². The number of ether oxygens (including phenoxy) is 1. The number of piperazine rings is 1. The first-order valence-corrected chi connectivity index (χ1v) is 9.65. The van der Waals surface area contributed by atoms with Gasteiger partial charge in [-0.1, -0.05) is 0 Å². The van der Waals surface area contributed by atoms with Crippen LogP contribution in [0.3, 0.4) is 0 Å². The lowest BCUT2D eigenvalue weighted by molar-refractivity contribution is -0.136. The van der Waals surface area contributed by atoms with E-state index in [0.717, 1.165) is 38.2 Å². The zero-order valence-corrected chi connectivity index (χ0v) is 16.0. The molecule has 1 saturated heterocycles. The molecule has 4 heterocycles. The van der Waals surface area contributed by atoms with E-state index < -0.39 is 0 Å². The summed E-state index contributed by atoms with van der Waals surface area (Å²) in [6.07, 6.45) is 5.56. The van der Waals surface area contributed by atoms with E-state index in [0.29, 0.717) is 31.5 Å². The number of rotatable bonds is 4. The van der Waals surface area contributed by atoms with Crippen LogP contribution in [-0.2, 0) is 17.8 Å². The highest BCUT2D eigenvalue weighted by atomic mass is 16.5. The van der Waals surface area contributed by atoms with Crippen molar-refractivity contribution in [2.45, 2.75) is 33.2 Å². The maximum absolute atomic E-state index is 12.9. The molecule has 0 aromatic carbocycles. The monoisotopic (exact) mass is 370 g/mol. The van der Waals surface area contributed by atoms with Crippen molar-refractivity contribution in [3.05, 3.63) is 30.0 Å². The predicted octanol–water partition coefficient (Wildman–Crippen LogP) is 1.29. The summed E-state index contributed by atoms with van der Waals surface area (Å²) < 4.78 is 7.64. The molecule has 0 radical (unpaired) electrons. The van der Waals surface area contributed by atoms with Crippen LogP contribution in [0.4, 0.5) is 5.95 Å². The zero-order chi connectivity index (χ0) is 18.8. The molecular formula is C19H26N6O2. The van der Waals surface area contributed by atoms with Gasteiger partial charge in [-0.2, -0.15) is 4.98 Å². The Labute approximate surface area is 159 Å². The van der Waals surface area contributed by atoms with Gasteiger partial charge in [-0.05, 0) is 26.7 Å². The van der Waals surface area contributed by atoms with Crippen LogP contribution in [0.15, 0.2) is 18.6 Å². The van der Waals surface area contributed by atoms with Crippen molar-refractivity contribution >= 4 is 11.9 Å². The van der Waals surface area contributed by atoms with Gasteiger partial charge < -0.3 is 19.1 Å². The van der Waals surface area contributed by atoms with Gasteiger partial charge in [0.2, 0.25) is 17.7 Å². The standard InChI is InChI=1S/C19H26N6O2/c1-3-27-17-10-14(2)21-19(22-17)24-8-6-23(7-9-24)18(26)15-4-5-16-11-20-13-25(16)12-15/h10-11,13,15H,3-9,12H2,1-2H3/t15-/m1/s1. The molecule has 2 aromatic heterocycles. The van der Waals surface area contributed by atoms with E-state index in [1.165, 1.54) is 5.69 Å². The van der Waals surface area contributed by atoms with Crippen LogP contribution >= 0.6 is 0 Å². The fourth-order valence-corrected chi connectivity index (χ4v) is 3.85. The summed E-state index contributed by atoms with van der Waals surface area (Å²) in [4.78, 5) is 30.3. The number of fused-ring (bicyclic) bond motifs is 1. The normalized spacial score (nSPS) is 19.7. The number of nitrogens with zero attached hydrogens (tertiary/aromatic N) is 6. The van der Waals surface area contributed by atoms with Gasteiger partial charge in [0.1, 0.15) is 0 Å². The second-order valence-electron chi connectivity index (χ2n) is 7.17. The molecule has 1 atom stereocenters. The minimum atomic E-state index is 0.0537. The van der Waals surface area contributed by atoms with E-state index in [-0.39, 0.29) is 11.8 Å². The van der Waals surface area contributed by atoms with Crippen LogP contribution in [-0.4, -0.2) is 63.1 Å². The van der Waals surface area contributed by atoms with E-state index >= 15 is 0 Å². The fourth-order valence-electron chi connectivity index (χ4n) is 3.85. The third-order valence-electron chi connectivity index (χ3n) is 5.30. The molecule has 27 heavy (non-hydrogen) atoms. The topological polar surface area (TPSA) is 76.4 Å². The molecule has 0 unspecified atom stereocenters. The zero-order valence-electron chi connectivity index (χ0n) is 16.0. The average Bonchev–Trinajstić information content (AvgIpc) is 3.15. The number of hydrogen-bond acceptors (Lipinski definition) is 6. The van der Waals surface area contributed by atoms with Crippen LogP contribution in [0.5, 0.6) is 5.88 Å². The van der Waals surface area contributed by atoms with Crippen LogP contribution in [0.2, 0.25) is 0 Å². The summed E-state index contributed by atoms with van der Waals surface area (Å²) in [6, 6.07) is 1.85. The Balaban J connectivity index is 1.37. The average molecular weight is 370 g/mol. The molecule has 2 aliphatic rings. The summed E-state index contributed by atoms with van der Waals surface area (Å²) in [5.74, 6) is 1.61. The highest BCUT2D eigenvalue weighted by Crippen LogP contribution is 2.23. The largest absolute Gasteiger partial charge is 0.478 e. The first kappa shape index (κ1) is 17.8. The van der Waals surface area contributed by atoms with Crippen molar-refractivity contribution in [1.82, 2.24) is 24.4 Å². The third-order valence-corrected chi connectivity index (χ3v) is 5.30. The molecule has 0 saturated carbocycles. The number of anilines is 1. The number of carbonyl (C=O) groups excluding carboxylic acids is 1. The molecule has 0 aliphatic carbocycles. The first-order chi connectivity index (χ1) is 13.1. The van der Waals surface area contributed by atoms with E-state index in [2.05, 4.69) is 24.4 Å². The van der Waals surface area contributed by atoms with Gasteiger partial charge in [-0.25, -0.2) is 9.97 Å². The Bertz CT molecular complexity index is 812. The Hall–Kier alpha value is -2.64. The number of hydrogen-bond donors (Lipinski definition) is 0. The maximum Gasteiger partial charge on any atom is 0.228 e. The van der Waals surface area contributed by atoms with E-state index in [1.807, 2.05) is 37.3 Å². The summed E-state index contributed by atoms with van der Waals surface area (Å²) in [6.45, 7) is 8.10. The van der Waals surface area contributed by atoms with Crippen molar-refractivity contribution < 1.29 is 9.53 Å². The Morgan fingerprint density at radius 1 is 1.26 bits per heavy atom. The summed E-state index contributed by atoms with van der Waals surface area (Å²) in [5, 5.41) is 0. The number of imidazole rings is 1. The maximum atomic E-state index is 12.9. The van der Waals surface area contributed by atoms with E-state index in [1.54, 1.807) is 0 Å². The second-order valence-corrected chi connectivity index (χ2v) is 7.17. The second kappa shape index (κ2) is 7.54. The van der Waals surface area contributed by atoms with Crippen LogP contribution in [0.25, 0.3) is 0 Å². The van der Waals surface area contributed by atoms with Crippen molar-refractivity contribution in [2.24, 2.45) is 5.92 Å². The van der Waals surface area contributed by atoms with Gasteiger partial charge >= 0.3 is 0 Å². The van der Waals surface area contributed by atoms with Gasteiger partial charge in [0.15, 0.2) is 0 Å². The molecule has 0 bridgehead atoms. The van der Waals surface area contributed by atoms with Gasteiger partial charge in [-0.3, -0.25) is 4.79 Å². The molecule has 8 nitrogen and oxygen atoms in total. The smallest absolute Gasteiger partial charge is 0.228 e. The van der Waals surface area contributed by atoms with E-state index in [4.69, 9.17) is 4.74 Å². The lowest BCUT2D eigenvalue weighted by atomic mass is 9.96. The van der Waals surface area contributed by atoms with Gasteiger partial charge in [0.05, 0.1) is 18.9 Å². The van der Waals surface area contributed by atoms with Gasteiger partial charge in [0, 0.05) is 56.4 Å². The molecule has 2 aromatic rings. The Morgan fingerprint density at radius 2 is 2.07 bits per heavy atom. The Kier molecular flexibility index (Phi) is 4.96. The molecule has 4 rings (SSSR count). The molecule has 1 amide bonds. The lowest BCUT2D eigenvalue weighted by Crippen LogP contribution is -2.51. The van der Waals surface area contributed by atoms with Crippen LogP contribution < -0.4 is 9.64 Å². The number of aryl methyl sites for hydroxylation is 2. The molecular weight excluding hydrogens is 344 g/mol. The first-order valence-electron chi connectivity index (χ1n) is 9.65. The number of aromatic nitrogens is 4. The minimum Gasteiger partial charge on any atom is -0.478 e. The van der Waals surface area contributed by atoms with Crippen LogP contribution in [0, 0.1) is 12.8 Å². The quantitative estimate of drug-likeness (QED) is 0.807. The van der Waals surface area contributed by atoms with E-state index in [9.17, 15) is 4.79 Å². The number of amides is 1. The van der Waals surface area contributed by atoms with Crippen molar-refractivity contribution in [3.63, 3.8) is 0 Å². The van der Waals surface area contributed by atoms with Crippen molar-refractivity contribution in [3.8, 4) is 5.88 Å². The summed E-state index contributed by atoms with van der Waals surface area (Å²) in [7, 11) is 0. The highest BCUT2D eigenvalue weighted by Gasteiger charge is 2.30. The van der Waals surface area contributed by atoms with Gasteiger partial charge in [0.25, 0.3) is 0 Å². The molecule has 1 fully saturated rings. The minimum absolute atomic E-state index is 0.0537. The highest BCUT2D eigenvalue weighted by molar-refractivity contribution is 5.79. The molecule has 0 N–H and O–H groups in total. The Morgan fingerprint density at radius 3 is 2.85 bits per heavy atom. The molecule has 144 valence electrons. The molecule has 8 heteroatoms. The lowest BCUT2D eigenvalue weighted by Gasteiger charge is -2.37.